The van der Waals surface area contributed by atoms with Gasteiger partial charge in [-0.05, 0) is 29.8 Å². The van der Waals surface area contributed by atoms with Crippen LogP contribution in [0.2, 0.25) is 0 Å². The largest absolute Gasteiger partial charge is 0.497 e. The molecule has 1 saturated heterocycles. The van der Waals surface area contributed by atoms with Crippen molar-refractivity contribution in [2.24, 2.45) is 0 Å². The third-order valence-electron chi connectivity index (χ3n) is 4.27. The van der Waals surface area contributed by atoms with Crippen LogP contribution in [-0.2, 0) is 22.6 Å². The molecule has 1 aliphatic rings. The fraction of sp³-hybridized carbons (Fsp3) is 0.316. The number of carbonyl (C=O) groups excluding carboxylic acids is 3. The molecule has 1 atom stereocenters. The Kier molecular flexibility index (Phi) is 5.75. The van der Waals surface area contributed by atoms with Gasteiger partial charge in [-0.25, -0.2) is 4.79 Å². The molecule has 1 aromatic heterocycles. The van der Waals surface area contributed by atoms with Gasteiger partial charge in [-0.3, -0.25) is 14.5 Å². The number of ether oxygens (including phenoxy) is 1. The van der Waals surface area contributed by atoms with Gasteiger partial charge >= 0.3 is 6.03 Å². The van der Waals surface area contributed by atoms with E-state index in [-0.39, 0.29) is 18.9 Å². The number of hydrogen-bond acceptors (Lipinski definition) is 5. The van der Waals surface area contributed by atoms with Crippen molar-refractivity contribution in [2.45, 2.75) is 25.4 Å². The standard InChI is InChI=1S/C19H21N3O5/c1-26-14-6-4-13(5-7-14)12-22-18(24)16(21-19(22)25)11-17(23)20-9-8-15-3-2-10-27-15/h2-7,10,16H,8-9,11-12H2,1H3,(H,20,23)(H,21,25)/t16-/m1/s1. The molecule has 2 N–H and O–H groups in total. The van der Waals surface area contributed by atoms with Gasteiger partial charge in [0, 0.05) is 13.0 Å². The quantitative estimate of drug-likeness (QED) is 0.684. The number of imide groups is 1. The van der Waals surface area contributed by atoms with Gasteiger partial charge in [-0.15, -0.1) is 0 Å². The molecule has 1 aromatic carbocycles. The van der Waals surface area contributed by atoms with Crippen LogP contribution in [0.3, 0.4) is 0 Å². The number of nitrogens with one attached hydrogen (secondary N) is 2. The Balaban J connectivity index is 1.49. The summed E-state index contributed by atoms with van der Waals surface area (Å²) in [6.07, 6.45) is 2.04. The molecule has 1 fully saturated rings. The number of carbonyl (C=O) groups is 3. The number of urea groups is 1. The molecule has 8 nitrogen and oxygen atoms in total. The lowest BCUT2D eigenvalue weighted by Crippen LogP contribution is -2.37. The summed E-state index contributed by atoms with van der Waals surface area (Å²) in [5.74, 6) is 0.759. The topological polar surface area (TPSA) is 101 Å². The summed E-state index contributed by atoms with van der Waals surface area (Å²) in [5, 5.41) is 5.29. The molecule has 3 rings (SSSR count). The first-order valence-electron chi connectivity index (χ1n) is 8.60. The maximum absolute atomic E-state index is 12.5. The molecular formula is C19H21N3O5. The number of rotatable bonds is 8. The van der Waals surface area contributed by atoms with E-state index >= 15 is 0 Å². The van der Waals surface area contributed by atoms with Crippen LogP contribution in [-0.4, -0.2) is 42.4 Å². The third-order valence-corrected chi connectivity index (χ3v) is 4.27. The zero-order valence-corrected chi connectivity index (χ0v) is 14.9. The fourth-order valence-electron chi connectivity index (χ4n) is 2.82. The van der Waals surface area contributed by atoms with Crippen molar-refractivity contribution in [3.63, 3.8) is 0 Å². The highest BCUT2D eigenvalue weighted by molar-refractivity contribution is 6.05. The minimum absolute atomic E-state index is 0.0954. The molecule has 0 aliphatic carbocycles. The van der Waals surface area contributed by atoms with E-state index in [1.165, 1.54) is 0 Å². The normalized spacial score (nSPS) is 16.3. The number of benzene rings is 1. The second-order valence-electron chi connectivity index (χ2n) is 6.16. The predicted molar refractivity (Wildman–Crippen MR) is 95.9 cm³/mol. The lowest BCUT2D eigenvalue weighted by molar-refractivity contribution is -0.131. The second kappa shape index (κ2) is 8.39. The lowest BCUT2D eigenvalue weighted by atomic mass is 10.1. The molecule has 142 valence electrons. The molecule has 0 spiro atoms. The summed E-state index contributed by atoms with van der Waals surface area (Å²) in [6, 6.07) is 9.35. The lowest BCUT2D eigenvalue weighted by Gasteiger charge is -2.13. The maximum Gasteiger partial charge on any atom is 0.325 e. The van der Waals surface area contributed by atoms with Crippen LogP contribution in [0.15, 0.2) is 47.1 Å². The van der Waals surface area contributed by atoms with Crippen molar-refractivity contribution in [1.29, 1.82) is 0 Å². The van der Waals surface area contributed by atoms with Gasteiger partial charge in [0.05, 0.1) is 26.3 Å². The van der Waals surface area contributed by atoms with E-state index in [0.717, 1.165) is 16.2 Å². The van der Waals surface area contributed by atoms with Gasteiger partial charge in [0.1, 0.15) is 17.6 Å². The van der Waals surface area contributed by atoms with E-state index in [2.05, 4.69) is 10.6 Å². The minimum atomic E-state index is -0.848. The highest BCUT2D eigenvalue weighted by atomic mass is 16.5. The first kappa shape index (κ1) is 18.5. The smallest absolute Gasteiger partial charge is 0.325 e. The summed E-state index contributed by atoms with van der Waals surface area (Å²) in [4.78, 5) is 37.7. The molecule has 0 saturated carbocycles. The number of furan rings is 1. The Bertz CT molecular complexity index is 801. The van der Waals surface area contributed by atoms with E-state index in [0.29, 0.717) is 18.7 Å². The van der Waals surface area contributed by atoms with E-state index in [1.54, 1.807) is 43.7 Å². The van der Waals surface area contributed by atoms with Gasteiger partial charge in [-0.2, -0.15) is 0 Å². The van der Waals surface area contributed by atoms with Gasteiger partial charge in [-0.1, -0.05) is 12.1 Å². The van der Waals surface area contributed by atoms with Crippen molar-refractivity contribution < 1.29 is 23.5 Å². The van der Waals surface area contributed by atoms with Crippen molar-refractivity contribution in [2.75, 3.05) is 13.7 Å². The Morgan fingerprint density at radius 2 is 2.04 bits per heavy atom. The van der Waals surface area contributed by atoms with Crippen LogP contribution < -0.4 is 15.4 Å². The molecule has 0 unspecified atom stereocenters. The van der Waals surface area contributed by atoms with Gasteiger partial charge in [0.2, 0.25) is 5.91 Å². The SMILES string of the molecule is COc1ccc(CN2C(=O)N[C@H](CC(=O)NCCc3ccco3)C2=O)cc1. The Morgan fingerprint density at radius 1 is 1.26 bits per heavy atom. The van der Waals surface area contributed by atoms with Gasteiger partial charge in [0.25, 0.3) is 5.91 Å². The zero-order chi connectivity index (χ0) is 19.2. The minimum Gasteiger partial charge on any atom is -0.497 e. The molecule has 2 aromatic rings. The maximum atomic E-state index is 12.5. The number of nitrogens with zero attached hydrogens (tertiary/aromatic N) is 1. The predicted octanol–water partition coefficient (Wildman–Crippen LogP) is 1.46. The van der Waals surface area contributed by atoms with Crippen LogP contribution in [0.5, 0.6) is 5.75 Å². The van der Waals surface area contributed by atoms with Crippen LogP contribution in [0.25, 0.3) is 0 Å². The summed E-state index contributed by atoms with van der Waals surface area (Å²) in [6.45, 7) is 0.544. The summed E-state index contributed by atoms with van der Waals surface area (Å²) < 4.78 is 10.3. The van der Waals surface area contributed by atoms with E-state index in [4.69, 9.17) is 9.15 Å². The van der Waals surface area contributed by atoms with Crippen molar-refractivity contribution in [3.8, 4) is 5.75 Å². The van der Waals surface area contributed by atoms with Crippen LogP contribution in [0.4, 0.5) is 4.79 Å². The van der Waals surface area contributed by atoms with Crippen LogP contribution in [0, 0.1) is 0 Å². The van der Waals surface area contributed by atoms with Crippen molar-refractivity contribution in [1.82, 2.24) is 15.5 Å². The highest BCUT2D eigenvalue weighted by Gasteiger charge is 2.38. The monoisotopic (exact) mass is 371 g/mol. The van der Waals surface area contributed by atoms with Gasteiger partial charge in [0.15, 0.2) is 0 Å². The molecule has 0 bridgehead atoms. The Morgan fingerprint density at radius 3 is 2.70 bits per heavy atom. The highest BCUT2D eigenvalue weighted by Crippen LogP contribution is 2.17. The van der Waals surface area contributed by atoms with Gasteiger partial charge < -0.3 is 19.8 Å². The van der Waals surface area contributed by atoms with Crippen molar-refractivity contribution in [3.05, 3.63) is 54.0 Å². The third kappa shape index (κ3) is 4.66. The molecular weight excluding hydrogens is 350 g/mol. The average Bonchev–Trinajstić information content (AvgIpc) is 3.26. The fourth-order valence-corrected chi connectivity index (χ4v) is 2.82. The van der Waals surface area contributed by atoms with E-state index in [9.17, 15) is 14.4 Å². The molecule has 0 radical (unpaired) electrons. The van der Waals surface area contributed by atoms with Crippen LogP contribution in [0.1, 0.15) is 17.7 Å². The number of hydrogen-bond donors (Lipinski definition) is 2. The molecule has 2 heterocycles. The van der Waals surface area contributed by atoms with E-state index in [1.807, 2.05) is 6.07 Å². The Hall–Kier alpha value is -3.29. The second-order valence-corrected chi connectivity index (χ2v) is 6.16. The van der Waals surface area contributed by atoms with Crippen LogP contribution >= 0.6 is 0 Å². The van der Waals surface area contributed by atoms with Crippen molar-refractivity contribution >= 4 is 17.8 Å². The first-order chi connectivity index (χ1) is 13.1. The Labute approximate surface area is 156 Å². The zero-order valence-electron chi connectivity index (χ0n) is 14.9. The number of amides is 4. The molecule has 8 heteroatoms. The average molecular weight is 371 g/mol. The molecule has 27 heavy (non-hydrogen) atoms. The number of methoxy groups -OCH3 is 1. The molecule has 1 aliphatic heterocycles. The summed E-state index contributed by atoms with van der Waals surface area (Å²) in [5.41, 5.74) is 0.794. The first-order valence-corrected chi connectivity index (χ1v) is 8.60. The molecule has 4 amide bonds. The van der Waals surface area contributed by atoms with E-state index < -0.39 is 18.0 Å². The summed E-state index contributed by atoms with van der Waals surface area (Å²) in [7, 11) is 1.57. The summed E-state index contributed by atoms with van der Waals surface area (Å²) >= 11 is 0.